The van der Waals surface area contributed by atoms with Gasteiger partial charge in [-0.3, -0.25) is 4.79 Å². The molecule has 0 aliphatic carbocycles. The predicted octanol–water partition coefficient (Wildman–Crippen LogP) is 3.65. The first kappa shape index (κ1) is 17.3. The molecule has 0 unspecified atom stereocenters. The van der Waals surface area contributed by atoms with Crippen LogP contribution in [0.15, 0.2) is 59.1 Å². The van der Waals surface area contributed by atoms with Crippen LogP contribution in [0.1, 0.15) is 30.3 Å². The van der Waals surface area contributed by atoms with Crippen molar-refractivity contribution in [2.75, 3.05) is 13.7 Å². The van der Waals surface area contributed by atoms with E-state index in [1.165, 1.54) is 0 Å². The molecule has 0 radical (unpaired) electrons. The van der Waals surface area contributed by atoms with Crippen molar-refractivity contribution in [1.29, 1.82) is 0 Å². The molecule has 3 aromatic rings. The van der Waals surface area contributed by atoms with Crippen molar-refractivity contribution in [3.8, 4) is 17.1 Å². The number of carbonyl (C=O) groups is 1. The summed E-state index contributed by atoms with van der Waals surface area (Å²) in [6.07, 6.45) is 1.77. The van der Waals surface area contributed by atoms with E-state index in [0.717, 1.165) is 29.8 Å². The van der Waals surface area contributed by atoms with Crippen molar-refractivity contribution in [1.82, 2.24) is 15.0 Å². The molecule has 6 heteroatoms. The molecule has 2 heterocycles. The molecule has 4 rings (SSSR count). The fraction of sp³-hybridized carbons (Fsp3) is 0.286. The molecule has 0 N–H and O–H groups in total. The van der Waals surface area contributed by atoms with Gasteiger partial charge in [-0.25, -0.2) is 0 Å². The molecule has 6 nitrogen and oxygen atoms in total. The Balaban J connectivity index is 1.36. The monoisotopic (exact) mass is 363 g/mol. The van der Waals surface area contributed by atoms with Crippen LogP contribution in [0.25, 0.3) is 11.4 Å². The molecule has 1 aliphatic heterocycles. The summed E-state index contributed by atoms with van der Waals surface area (Å²) < 4.78 is 10.6. The zero-order valence-electron chi connectivity index (χ0n) is 15.2. The normalized spacial score (nSPS) is 16.0. The van der Waals surface area contributed by atoms with Gasteiger partial charge in [0.2, 0.25) is 17.6 Å². The highest BCUT2D eigenvalue weighted by Crippen LogP contribution is 2.35. The summed E-state index contributed by atoms with van der Waals surface area (Å²) in [6, 6.07) is 17.7. The summed E-state index contributed by atoms with van der Waals surface area (Å²) in [7, 11) is 1.65. The third kappa shape index (κ3) is 3.69. The first-order valence-electron chi connectivity index (χ1n) is 9.06. The van der Waals surface area contributed by atoms with Gasteiger partial charge in [-0.1, -0.05) is 47.6 Å². The van der Waals surface area contributed by atoms with Gasteiger partial charge in [-0.05, 0) is 24.1 Å². The molecule has 1 amide bonds. The molecule has 27 heavy (non-hydrogen) atoms. The Hall–Kier alpha value is -3.15. The number of carbonyl (C=O) groups excluding carboxylic acids is 1. The van der Waals surface area contributed by atoms with Crippen LogP contribution in [-0.4, -0.2) is 34.6 Å². The minimum Gasteiger partial charge on any atom is -0.497 e. The van der Waals surface area contributed by atoms with E-state index < -0.39 is 0 Å². The van der Waals surface area contributed by atoms with Gasteiger partial charge in [0, 0.05) is 24.9 Å². The van der Waals surface area contributed by atoms with E-state index in [1.54, 1.807) is 7.11 Å². The first-order valence-corrected chi connectivity index (χ1v) is 9.06. The van der Waals surface area contributed by atoms with Crippen LogP contribution in [0.5, 0.6) is 5.75 Å². The summed E-state index contributed by atoms with van der Waals surface area (Å²) in [4.78, 5) is 18.9. The van der Waals surface area contributed by atoms with Crippen LogP contribution < -0.4 is 4.74 Å². The number of nitrogens with zero attached hydrogens (tertiary/aromatic N) is 3. The van der Waals surface area contributed by atoms with Crippen LogP contribution in [0.3, 0.4) is 0 Å². The first-order chi connectivity index (χ1) is 13.2. The summed E-state index contributed by atoms with van der Waals surface area (Å²) >= 11 is 0. The average molecular weight is 363 g/mol. The number of hydrogen-bond donors (Lipinski definition) is 0. The van der Waals surface area contributed by atoms with E-state index >= 15 is 0 Å². The van der Waals surface area contributed by atoms with E-state index in [-0.39, 0.29) is 11.9 Å². The Morgan fingerprint density at radius 1 is 1.22 bits per heavy atom. The second-order valence-corrected chi connectivity index (χ2v) is 6.55. The van der Waals surface area contributed by atoms with Crippen molar-refractivity contribution in [3.05, 3.63) is 66.1 Å². The Morgan fingerprint density at radius 2 is 2.07 bits per heavy atom. The fourth-order valence-corrected chi connectivity index (χ4v) is 3.30. The molecule has 1 saturated heterocycles. The van der Waals surface area contributed by atoms with Crippen LogP contribution in [0.4, 0.5) is 0 Å². The van der Waals surface area contributed by atoms with Crippen molar-refractivity contribution >= 4 is 5.91 Å². The smallest absolute Gasteiger partial charge is 0.227 e. The second-order valence-electron chi connectivity index (χ2n) is 6.55. The van der Waals surface area contributed by atoms with Crippen LogP contribution in [0.2, 0.25) is 0 Å². The Bertz CT molecular complexity index is 923. The lowest BCUT2D eigenvalue weighted by molar-refractivity contribution is -0.139. The summed E-state index contributed by atoms with van der Waals surface area (Å²) in [5, 5.41) is 4.00. The molecule has 0 bridgehead atoms. The number of methoxy groups -OCH3 is 1. The number of benzene rings is 2. The number of rotatable bonds is 6. The number of ether oxygens (including phenoxy) is 1. The molecule has 1 aliphatic rings. The summed E-state index contributed by atoms with van der Waals surface area (Å²) in [6.45, 7) is 0.778. The highest BCUT2D eigenvalue weighted by atomic mass is 16.5. The van der Waals surface area contributed by atoms with E-state index in [4.69, 9.17) is 9.26 Å². The molecule has 0 spiro atoms. The van der Waals surface area contributed by atoms with E-state index in [2.05, 4.69) is 10.1 Å². The number of amides is 1. The number of hydrogen-bond acceptors (Lipinski definition) is 5. The Morgan fingerprint density at radius 3 is 2.81 bits per heavy atom. The quantitative estimate of drug-likeness (QED) is 0.669. The lowest BCUT2D eigenvalue weighted by atomic mass is 9.94. The molecule has 138 valence electrons. The maximum absolute atomic E-state index is 12.6. The zero-order chi connectivity index (χ0) is 18.6. The summed E-state index contributed by atoms with van der Waals surface area (Å²) in [5.41, 5.74) is 2.01. The minimum atomic E-state index is 0.105. The largest absolute Gasteiger partial charge is 0.497 e. The Labute approximate surface area is 157 Å². The second kappa shape index (κ2) is 7.61. The topological polar surface area (TPSA) is 68.5 Å². The predicted molar refractivity (Wildman–Crippen MR) is 100 cm³/mol. The SMILES string of the molecule is COc1cccc([C@@H]2CCN2C(=O)CCc2nc(-c3ccccc3)no2)c1. The molecule has 0 saturated carbocycles. The van der Waals surface area contributed by atoms with Gasteiger partial charge in [0.1, 0.15) is 5.75 Å². The molecular formula is C21H21N3O3. The third-order valence-electron chi connectivity index (χ3n) is 4.87. The highest BCUT2D eigenvalue weighted by Gasteiger charge is 2.33. The van der Waals surface area contributed by atoms with E-state index in [9.17, 15) is 4.79 Å². The average Bonchev–Trinajstić information content (AvgIpc) is 3.15. The standard InChI is InChI=1S/C21H21N3O3/c1-26-17-9-5-8-16(14-17)18-12-13-24(18)20(25)11-10-19-22-21(23-27-19)15-6-3-2-4-7-15/h2-9,14,18H,10-13H2,1H3/t18-/m0/s1. The molecule has 1 aromatic heterocycles. The van der Waals surface area contributed by atoms with Gasteiger partial charge in [0.25, 0.3) is 0 Å². The van der Waals surface area contributed by atoms with Crippen LogP contribution in [-0.2, 0) is 11.2 Å². The number of likely N-dealkylation sites (tertiary alicyclic amines) is 1. The summed E-state index contributed by atoms with van der Waals surface area (Å²) in [5.74, 6) is 1.96. The lowest BCUT2D eigenvalue weighted by Gasteiger charge is -2.41. The Kier molecular flexibility index (Phi) is 4.87. The number of aryl methyl sites for hydroxylation is 1. The molecule has 2 aromatic carbocycles. The number of aromatic nitrogens is 2. The molecule has 1 fully saturated rings. The van der Waals surface area contributed by atoms with E-state index in [1.807, 2.05) is 59.5 Å². The van der Waals surface area contributed by atoms with Crippen LogP contribution >= 0.6 is 0 Å². The molecule has 1 atom stereocenters. The van der Waals surface area contributed by atoms with Crippen molar-refractivity contribution in [2.45, 2.75) is 25.3 Å². The maximum atomic E-state index is 12.6. The third-order valence-corrected chi connectivity index (χ3v) is 4.87. The van der Waals surface area contributed by atoms with Gasteiger partial charge in [-0.2, -0.15) is 4.98 Å². The minimum absolute atomic E-state index is 0.105. The van der Waals surface area contributed by atoms with Gasteiger partial charge in [0.15, 0.2) is 0 Å². The fourth-order valence-electron chi connectivity index (χ4n) is 3.30. The van der Waals surface area contributed by atoms with Gasteiger partial charge >= 0.3 is 0 Å². The maximum Gasteiger partial charge on any atom is 0.227 e. The molecular weight excluding hydrogens is 342 g/mol. The van der Waals surface area contributed by atoms with Crippen molar-refractivity contribution in [3.63, 3.8) is 0 Å². The van der Waals surface area contributed by atoms with E-state index in [0.29, 0.717) is 24.6 Å². The zero-order valence-corrected chi connectivity index (χ0v) is 15.2. The lowest BCUT2D eigenvalue weighted by Crippen LogP contribution is -2.45. The van der Waals surface area contributed by atoms with Crippen molar-refractivity contribution < 1.29 is 14.1 Å². The van der Waals surface area contributed by atoms with Gasteiger partial charge in [0.05, 0.1) is 13.2 Å². The van der Waals surface area contributed by atoms with Gasteiger partial charge in [-0.15, -0.1) is 0 Å². The highest BCUT2D eigenvalue weighted by molar-refractivity contribution is 5.77. The van der Waals surface area contributed by atoms with Crippen LogP contribution in [0, 0.1) is 0 Å². The van der Waals surface area contributed by atoms with Crippen molar-refractivity contribution in [2.24, 2.45) is 0 Å². The van der Waals surface area contributed by atoms with Gasteiger partial charge < -0.3 is 14.2 Å².